The standard InChI is InChI=1S/C38H52N2O3/c1-21(2)24-18-25(34(43)39-20-31(41)42)23-14-16-37(6)27(32(23)24)12-13-30-36(5)19-26-22-10-8-9-11-28(22)40-33(26)35(3,4)29(36)15-17-38(30,37)7/h8-11,23-25,27,29-30,32,40H,1,12-20H2,2-7H3,(H,39,43)(H,41,42)/t23?,24?,25-,27?,29?,30?,32?,36+,37-,38-/m1/s1. The lowest BCUT2D eigenvalue weighted by molar-refractivity contribution is -0.216. The summed E-state index contributed by atoms with van der Waals surface area (Å²) in [6.45, 7) is 19.3. The number of amides is 1. The zero-order valence-electron chi connectivity index (χ0n) is 27.2. The van der Waals surface area contributed by atoms with E-state index in [1.54, 1.807) is 5.56 Å². The fourth-order valence-corrected chi connectivity index (χ4v) is 13.1. The molecule has 3 N–H and O–H groups in total. The van der Waals surface area contributed by atoms with Crippen LogP contribution in [0.3, 0.4) is 0 Å². The molecule has 0 aliphatic heterocycles. The molecule has 1 aromatic heterocycles. The Labute approximate surface area is 257 Å². The van der Waals surface area contributed by atoms with Crippen molar-refractivity contribution in [3.63, 3.8) is 0 Å². The van der Waals surface area contributed by atoms with Gasteiger partial charge in [-0.15, -0.1) is 0 Å². The number of fused-ring (bicyclic) bond motifs is 10. The molecule has 6 unspecified atom stereocenters. The highest BCUT2D eigenvalue weighted by atomic mass is 16.4. The Hall–Kier alpha value is -2.56. The summed E-state index contributed by atoms with van der Waals surface area (Å²) in [5.41, 5.74) is 6.33. The molecule has 4 fully saturated rings. The maximum Gasteiger partial charge on any atom is 0.322 e. The summed E-state index contributed by atoms with van der Waals surface area (Å²) in [7, 11) is 0. The summed E-state index contributed by atoms with van der Waals surface area (Å²) >= 11 is 0. The van der Waals surface area contributed by atoms with Gasteiger partial charge in [-0.2, -0.15) is 0 Å². The van der Waals surface area contributed by atoms with Gasteiger partial charge in [-0.3, -0.25) is 9.59 Å². The number of aromatic nitrogens is 1. The molecule has 1 amide bonds. The van der Waals surface area contributed by atoms with E-state index in [2.05, 4.69) is 82.7 Å². The van der Waals surface area contributed by atoms with Crippen molar-refractivity contribution in [2.24, 2.45) is 57.7 Å². The van der Waals surface area contributed by atoms with Gasteiger partial charge in [0.2, 0.25) is 5.91 Å². The van der Waals surface area contributed by atoms with Crippen LogP contribution in [0.25, 0.3) is 10.9 Å². The van der Waals surface area contributed by atoms with Gasteiger partial charge in [-0.05, 0) is 122 Å². The van der Waals surface area contributed by atoms with Crippen LogP contribution in [0.4, 0.5) is 0 Å². The zero-order valence-corrected chi connectivity index (χ0v) is 27.2. The number of rotatable bonds is 4. The highest BCUT2D eigenvalue weighted by Gasteiger charge is 2.69. The minimum absolute atomic E-state index is 0.0587. The highest BCUT2D eigenvalue weighted by molar-refractivity contribution is 5.86. The number of carbonyl (C=O) groups is 2. The van der Waals surface area contributed by atoms with Crippen molar-refractivity contribution in [2.75, 3.05) is 6.54 Å². The van der Waals surface area contributed by atoms with Crippen LogP contribution in [-0.4, -0.2) is 28.5 Å². The maximum atomic E-state index is 13.3. The summed E-state index contributed by atoms with van der Waals surface area (Å²) < 4.78 is 0. The Morgan fingerprint density at radius 3 is 2.42 bits per heavy atom. The highest BCUT2D eigenvalue weighted by Crippen LogP contribution is 2.76. The average Bonchev–Trinajstić information content (AvgIpc) is 3.51. The average molecular weight is 585 g/mol. The van der Waals surface area contributed by atoms with E-state index in [-0.39, 0.29) is 40.0 Å². The Kier molecular flexibility index (Phi) is 6.42. The van der Waals surface area contributed by atoms with E-state index < -0.39 is 5.97 Å². The minimum atomic E-state index is -0.975. The largest absolute Gasteiger partial charge is 0.480 e. The molecule has 0 radical (unpaired) electrons. The van der Waals surface area contributed by atoms with Gasteiger partial charge in [0.25, 0.3) is 0 Å². The van der Waals surface area contributed by atoms with Crippen molar-refractivity contribution in [1.82, 2.24) is 10.3 Å². The lowest BCUT2D eigenvalue weighted by Crippen LogP contribution is -2.65. The summed E-state index contributed by atoms with van der Waals surface area (Å²) in [5, 5.41) is 13.4. The van der Waals surface area contributed by atoms with E-state index in [1.165, 1.54) is 54.3 Å². The topological polar surface area (TPSA) is 82.2 Å². The van der Waals surface area contributed by atoms with Crippen LogP contribution in [0, 0.1) is 57.7 Å². The zero-order chi connectivity index (χ0) is 30.7. The molecule has 0 spiro atoms. The van der Waals surface area contributed by atoms with E-state index >= 15 is 0 Å². The van der Waals surface area contributed by atoms with E-state index in [4.69, 9.17) is 0 Å². The SMILES string of the molecule is C=C(C)C1C[C@@H](C(=O)NCC(=O)O)C2CC[C@]3(C)C(CCC4[C@@]5(C)Cc6c([nH]c7ccccc67)C(C)(C)C5CC[C@]43C)C12. The van der Waals surface area contributed by atoms with Gasteiger partial charge in [-0.1, -0.05) is 65.0 Å². The van der Waals surface area contributed by atoms with E-state index in [9.17, 15) is 14.7 Å². The number of carbonyl (C=O) groups excluding carboxylic acids is 1. The number of aromatic amines is 1. The number of H-pyrrole nitrogens is 1. The van der Waals surface area contributed by atoms with Crippen molar-refractivity contribution in [3.8, 4) is 0 Å². The molecular formula is C38H52N2O3. The van der Waals surface area contributed by atoms with Crippen molar-refractivity contribution in [1.29, 1.82) is 0 Å². The first-order valence-electron chi connectivity index (χ1n) is 17.0. The second-order valence-electron chi connectivity index (χ2n) is 16.8. The Bertz CT molecular complexity index is 1500. The molecular weight excluding hydrogens is 532 g/mol. The Morgan fingerprint density at radius 2 is 1.70 bits per heavy atom. The normalized spacial score (nSPS) is 42.6. The summed E-state index contributed by atoms with van der Waals surface area (Å²) in [6.07, 6.45) is 9.25. The number of hydrogen-bond acceptors (Lipinski definition) is 2. The number of carboxylic acid groups (broad SMARTS) is 1. The molecule has 4 saturated carbocycles. The maximum absolute atomic E-state index is 13.3. The third kappa shape index (κ3) is 3.81. The number of aliphatic carboxylic acids is 1. The van der Waals surface area contributed by atoms with Crippen molar-refractivity contribution < 1.29 is 14.7 Å². The van der Waals surface area contributed by atoms with E-state index in [1.807, 2.05) is 0 Å². The number of allylic oxidation sites excluding steroid dienone is 1. The van der Waals surface area contributed by atoms with Crippen LogP contribution in [0.5, 0.6) is 0 Å². The molecule has 10 atom stereocenters. The monoisotopic (exact) mass is 584 g/mol. The Balaban J connectivity index is 1.25. The Morgan fingerprint density at radius 1 is 0.977 bits per heavy atom. The number of benzene rings is 1. The van der Waals surface area contributed by atoms with Crippen LogP contribution in [-0.2, 0) is 21.4 Å². The molecule has 0 saturated heterocycles. The first-order chi connectivity index (χ1) is 20.2. The second-order valence-corrected chi connectivity index (χ2v) is 16.8. The molecule has 2 aromatic rings. The molecule has 1 aromatic carbocycles. The van der Waals surface area contributed by atoms with Crippen molar-refractivity contribution in [2.45, 2.75) is 98.3 Å². The molecule has 43 heavy (non-hydrogen) atoms. The van der Waals surface area contributed by atoms with Crippen LogP contribution >= 0.6 is 0 Å². The third-order valence-corrected chi connectivity index (χ3v) is 14.9. The molecule has 232 valence electrons. The number of para-hydroxylation sites is 1. The summed E-state index contributed by atoms with van der Waals surface area (Å²) in [4.78, 5) is 28.4. The molecule has 5 aliphatic carbocycles. The van der Waals surface area contributed by atoms with Gasteiger partial charge in [0.05, 0.1) is 0 Å². The van der Waals surface area contributed by atoms with Gasteiger partial charge >= 0.3 is 5.97 Å². The second kappa shape index (κ2) is 9.47. The summed E-state index contributed by atoms with van der Waals surface area (Å²) in [6, 6.07) is 8.93. The molecule has 7 rings (SSSR count). The molecule has 0 bridgehead atoms. The summed E-state index contributed by atoms with van der Waals surface area (Å²) in [5.74, 6) is 1.87. The number of hydrogen-bond donors (Lipinski definition) is 3. The van der Waals surface area contributed by atoms with Crippen LogP contribution in [0.15, 0.2) is 36.4 Å². The lowest BCUT2D eigenvalue weighted by atomic mass is 9.33. The third-order valence-electron chi connectivity index (χ3n) is 14.9. The number of nitrogens with one attached hydrogen (secondary N) is 2. The van der Waals surface area contributed by atoms with Crippen LogP contribution in [0.1, 0.15) is 97.7 Å². The van der Waals surface area contributed by atoms with E-state index in [0.717, 1.165) is 19.3 Å². The van der Waals surface area contributed by atoms with Gasteiger partial charge in [-0.25, -0.2) is 0 Å². The molecule has 5 aliphatic rings. The molecule has 5 heteroatoms. The van der Waals surface area contributed by atoms with Gasteiger partial charge in [0.1, 0.15) is 6.54 Å². The predicted molar refractivity (Wildman–Crippen MR) is 172 cm³/mol. The first kappa shape index (κ1) is 29.2. The minimum Gasteiger partial charge on any atom is -0.480 e. The smallest absolute Gasteiger partial charge is 0.322 e. The quantitative estimate of drug-likeness (QED) is 0.320. The van der Waals surface area contributed by atoms with Crippen molar-refractivity contribution in [3.05, 3.63) is 47.7 Å². The first-order valence-corrected chi connectivity index (χ1v) is 17.0. The van der Waals surface area contributed by atoms with E-state index in [0.29, 0.717) is 35.5 Å². The molecule has 1 heterocycles. The predicted octanol–water partition coefficient (Wildman–Crippen LogP) is 7.90. The van der Waals surface area contributed by atoms with Crippen molar-refractivity contribution >= 4 is 22.8 Å². The lowest BCUT2D eigenvalue weighted by Gasteiger charge is -2.71. The van der Waals surface area contributed by atoms with Gasteiger partial charge in [0, 0.05) is 27.9 Å². The van der Waals surface area contributed by atoms with Crippen LogP contribution < -0.4 is 5.32 Å². The fraction of sp³-hybridized carbons (Fsp3) is 0.684. The fourth-order valence-electron chi connectivity index (χ4n) is 13.1. The van der Waals surface area contributed by atoms with Gasteiger partial charge in [0.15, 0.2) is 0 Å². The molecule has 5 nitrogen and oxygen atoms in total. The number of carboxylic acids is 1. The van der Waals surface area contributed by atoms with Gasteiger partial charge < -0.3 is 15.4 Å². The van der Waals surface area contributed by atoms with Crippen LogP contribution in [0.2, 0.25) is 0 Å².